The second-order valence-electron chi connectivity index (χ2n) is 9.10. The fourth-order valence-electron chi connectivity index (χ4n) is 3.97. The van der Waals surface area contributed by atoms with Crippen LogP contribution in [0.25, 0.3) is 17.5 Å². The molecular weight excluding hydrogens is 537 g/mol. The molecule has 0 aliphatic carbocycles. The Morgan fingerprint density at radius 2 is 1.56 bits per heavy atom. The molecule has 0 saturated carbocycles. The number of nitrogens with zero attached hydrogens (tertiary/aromatic N) is 3. The molecule has 0 bridgehead atoms. The van der Waals surface area contributed by atoms with Gasteiger partial charge in [-0.25, -0.2) is 4.39 Å². The third-order valence-corrected chi connectivity index (χ3v) is 7.27. The quantitative estimate of drug-likeness (QED) is 0.152. The number of amides is 2. The van der Waals surface area contributed by atoms with E-state index in [0.29, 0.717) is 22.8 Å². The number of aromatic nitrogens is 3. The van der Waals surface area contributed by atoms with Crippen LogP contribution in [0.3, 0.4) is 0 Å². The number of anilines is 2. The van der Waals surface area contributed by atoms with Crippen LogP contribution in [0.5, 0.6) is 0 Å². The normalized spacial score (nSPS) is 11.0. The fourth-order valence-corrected chi connectivity index (χ4v) is 4.84. The van der Waals surface area contributed by atoms with Gasteiger partial charge in [-0.15, -0.1) is 10.2 Å². The summed E-state index contributed by atoms with van der Waals surface area (Å²) in [5, 5.41) is 14.9. The van der Waals surface area contributed by atoms with E-state index in [1.807, 2.05) is 78.3 Å². The largest absolute Gasteiger partial charge is 0.323 e. The summed E-state index contributed by atoms with van der Waals surface area (Å²) in [6.45, 7) is 0. The summed E-state index contributed by atoms with van der Waals surface area (Å²) < 4.78 is 15.7. The lowest BCUT2D eigenvalue weighted by atomic mass is 10.1. The lowest BCUT2D eigenvalue weighted by molar-refractivity contribution is -0.111. The number of hydrogen-bond donors (Lipinski definition) is 2. The number of benzene rings is 4. The van der Waals surface area contributed by atoms with Crippen LogP contribution >= 0.6 is 11.8 Å². The molecule has 0 aliphatic rings. The first-order valence-corrected chi connectivity index (χ1v) is 13.8. The molecule has 5 aromatic rings. The summed E-state index contributed by atoms with van der Waals surface area (Å²) in [4.78, 5) is 24.7. The Balaban J connectivity index is 1.16. The lowest BCUT2D eigenvalue weighted by Crippen LogP contribution is -2.12. The van der Waals surface area contributed by atoms with E-state index in [1.165, 1.54) is 30.0 Å². The zero-order valence-corrected chi connectivity index (χ0v) is 22.9. The number of para-hydroxylation sites is 1. The molecule has 2 N–H and O–H groups in total. The molecule has 4 aromatic carbocycles. The van der Waals surface area contributed by atoms with Crippen molar-refractivity contribution in [3.63, 3.8) is 0 Å². The lowest BCUT2D eigenvalue weighted by Gasteiger charge is -2.08. The third kappa shape index (κ3) is 7.14. The molecule has 204 valence electrons. The van der Waals surface area contributed by atoms with Crippen molar-refractivity contribution in [2.45, 2.75) is 10.9 Å². The fraction of sp³-hybridized carbons (Fsp3) is 0.0625. The highest BCUT2D eigenvalue weighted by atomic mass is 32.2. The van der Waals surface area contributed by atoms with E-state index in [2.05, 4.69) is 20.8 Å². The van der Waals surface area contributed by atoms with Crippen LogP contribution in [0.1, 0.15) is 21.5 Å². The maximum absolute atomic E-state index is 13.8. The maximum Gasteiger partial charge on any atom is 0.255 e. The van der Waals surface area contributed by atoms with Crippen LogP contribution in [0.15, 0.2) is 114 Å². The van der Waals surface area contributed by atoms with Gasteiger partial charge in [0, 0.05) is 35.7 Å². The first kappa shape index (κ1) is 27.5. The molecule has 0 aliphatic heterocycles. The molecule has 1 aromatic heterocycles. The predicted molar refractivity (Wildman–Crippen MR) is 161 cm³/mol. The molecule has 0 atom stereocenters. The van der Waals surface area contributed by atoms with Gasteiger partial charge in [-0.2, -0.15) is 0 Å². The molecular formula is C32H26FN5O2S. The smallest absolute Gasteiger partial charge is 0.255 e. The molecule has 0 unspecified atom stereocenters. The van der Waals surface area contributed by atoms with Crippen molar-refractivity contribution in [2.75, 3.05) is 10.6 Å². The van der Waals surface area contributed by atoms with Gasteiger partial charge in [0.25, 0.3) is 5.91 Å². The van der Waals surface area contributed by atoms with Crippen molar-refractivity contribution in [1.29, 1.82) is 0 Å². The number of carbonyl (C=O) groups is 2. The van der Waals surface area contributed by atoms with Gasteiger partial charge in [0.1, 0.15) is 5.82 Å². The molecule has 1 heterocycles. The molecule has 2 amide bonds. The van der Waals surface area contributed by atoms with Gasteiger partial charge in [0.2, 0.25) is 5.91 Å². The molecule has 0 saturated heterocycles. The predicted octanol–water partition coefficient (Wildman–Crippen LogP) is 6.82. The molecule has 0 radical (unpaired) electrons. The Bertz CT molecular complexity index is 1680. The summed E-state index contributed by atoms with van der Waals surface area (Å²) in [5.41, 5.74) is 4.09. The average Bonchev–Trinajstić information content (AvgIpc) is 3.37. The summed E-state index contributed by atoms with van der Waals surface area (Å²) in [5.74, 6) is 0.267. The monoisotopic (exact) mass is 563 g/mol. The van der Waals surface area contributed by atoms with Crippen LogP contribution < -0.4 is 10.6 Å². The SMILES string of the molecule is Cn1c(SCc2ccc(C(=O)Nc3ccccc3F)cc2)nnc1-c1ccc(NC(=O)/C=C/c2ccccc2)cc1. The van der Waals surface area contributed by atoms with Crippen LogP contribution in [-0.4, -0.2) is 26.6 Å². The second-order valence-corrected chi connectivity index (χ2v) is 10.0. The minimum atomic E-state index is -0.480. The third-order valence-electron chi connectivity index (χ3n) is 6.18. The van der Waals surface area contributed by atoms with Crippen LogP contribution in [-0.2, 0) is 17.6 Å². The van der Waals surface area contributed by atoms with Crippen molar-refractivity contribution < 1.29 is 14.0 Å². The van der Waals surface area contributed by atoms with Gasteiger partial charge in [0.05, 0.1) is 5.69 Å². The van der Waals surface area contributed by atoms with Crippen molar-refractivity contribution in [1.82, 2.24) is 14.8 Å². The Labute approximate surface area is 241 Å². The minimum Gasteiger partial charge on any atom is -0.323 e. The Morgan fingerprint density at radius 1 is 0.854 bits per heavy atom. The first-order chi connectivity index (χ1) is 20.0. The van der Waals surface area contributed by atoms with Crippen LogP contribution in [0.2, 0.25) is 0 Å². The summed E-state index contributed by atoms with van der Waals surface area (Å²) in [7, 11) is 1.90. The molecule has 7 nitrogen and oxygen atoms in total. The van der Waals surface area contributed by atoms with E-state index in [0.717, 1.165) is 21.8 Å². The van der Waals surface area contributed by atoms with Gasteiger partial charge in [-0.05, 0) is 65.7 Å². The highest BCUT2D eigenvalue weighted by Gasteiger charge is 2.13. The molecule has 0 fully saturated rings. The number of nitrogens with one attached hydrogen (secondary N) is 2. The van der Waals surface area contributed by atoms with E-state index < -0.39 is 5.82 Å². The van der Waals surface area contributed by atoms with Gasteiger partial charge in [-0.1, -0.05) is 66.4 Å². The molecule has 5 rings (SSSR count). The van der Waals surface area contributed by atoms with E-state index in [4.69, 9.17) is 0 Å². The first-order valence-electron chi connectivity index (χ1n) is 12.8. The number of halogens is 1. The van der Waals surface area contributed by atoms with Crippen molar-refractivity contribution >= 4 is 41.0 Å². The van der Waals surface area contributed by atoms with Crippen molar-refractivity contribution in [2.24, 2.45) is 7.05 Å². The van der Waals surface area contributed by atoms with E-state index >= 15 is 0 Å². The average molecular weight is 564 g/mol. The standard InChI is InChI=1S/C32H26FN5O2S/c1-38-30(24-16-18-26(19-17-24)34-29(39)20-13-22-7-3-2-4-8-22)36-37-32(38)41-21-23-11-14-25(15-12-23)31(40)35-28-10-6-5-9-27(28)33/h2-20H,21H2,1H3,(H,34,39)(H,35,40)/b20-13+. The Morgan fingerprint density at radius 3 is 2.29 bits per heavy atom. The zero-order valence-electron chi connectivity index (χ0n) is 22.1. The van der Waals surface area contributed by atoms with E-state index in [1.54, 1.807) is 30.3 Å². The summed E-state index contributed by atoms with van der Waals surface area (Å²) in [6.07, 6.45) is 3.27. The van der Waals surface area contributed by atoms with Gasteiger partial charge in [0.15, 0.2) is 11.0 Å². The number of rotatable bonds is 9. The van der Waals surface area contributed by atoms with Gasteiger partial charge < -0.3 is 15.2 Å². The van der Waals surface area contributed by atoms with Gasteiger partial charge >= 0.3 is 0 Å². The van der Waals surface area contributed by atoms with Gasteiger partial charge in [-0.3, -0.25) is 9.59 Å². The Kier molecular flexibility index (Phi) is 8.66. The van der Waals surface area contributed by atoms with E-state index in [9.17, 15) is 14.0 Å². The number of thioether (sulfide) groups is 1. The highest BCUT2D eigenvalue weighted by molar-refractivity contribution is 7.98. The van der Waals surface area contributed by atoms with Crippen LogP contribution in [0.4, 0.5) is 15.8 Å². The summed E-state index contributed by atoms with van der Waals surface area (Å²) >= 11 is 1.52. The maximum atomic E-state index is 13.8. The molecule has 41 heavy (non-hydrogen) atoms. The second kappa shape index (κ2) is 12.9. The number of carbonyl (C=O) groups excluding carboxylic acids is 2. The minimum absolute atomic E-state index is 0.144. The topological polar surface area (TPSA) is 88.9 Å². The Hall–Kier alpha value is -5.02. The van der Waals surface area contributed by atoms with E-state index in [-0.39, 0.29) is 17.5 Å². The molecule has 9 heteroatoms. The zero-order chi connectivity index (χ0) is 28.6. The van der Waals surface area contributed by atoms with Crippen LogP contribution in [0, 0.1) is 5.82 Å². The number of hydrogen-bond acceptors (Lipinski definition) is 5. The van der Waals surface area contributed by atoms with Crippen molar-refractivity contribution in [3.8, 4) is 11.4 Å². The summed E-state index contributed by atoms with van der Waals surface area (Å²) in [6, 6.07) is 30.3. The molecule has 0 spiro atoms. The van der Waals surface area contributed by atoms with Crippen molar-refractivity contribution in [3.05, 3.63) is 132 Å². The highest BCUT2D eigenvalue weighted by Crippen LogP contribution is 2.26.